The third-order valence-corrected chi connectivity index (χ3v) is 6.76. The van der Waals surface area contributed by atoms with Gasteiger partial charge < -0.3 is 20.3 Å². The number of pyridine rings is 1. The number of piperidine rings is 1. The van der Waals surface area contributed by atoms with Crippen molar-refractivity contribution in [2.75, 3.05) is 19.7 Å². The quantitative estimate of drug-likeness (QED) is 0.705. The van der Waals surface area contributed by atoms with Crippen molar-refractivity contribution in [1.29, 1.82) is 0 Å². The Hall–Kier alpha value is -2.35. The number of hydrogen-bond acceptors (Lipinski definition) is 5. The molecule has 1 aromatic heterocycles. The number of nitrogens with zero attached hydrogens (tertiary/aromatic N) is 3. The molecule has 0 saturated carbocycles. The summed E-state index contributed by atoms with van der Waals surface area (Å²) in [5, 5.41) is 0.991. The van der Waals surface area contributed by atoms with Gasteiger partial charge in [0.05, 0.1) is 24.4 Å². The monoisotopic (exact) mass is 476 g/mol. The van der Waals surface area contributed by atoms with Crippen LogP contribution in [0.5, 0.6) is 0 Å². The molecular formula is C23H26Cl2N4O3. The summed E-state index contributed by atoms with van der Waals surface area (Å²) in [6, 6.07) is 5.28. The van der Waals surface area contributed by atoms with E-state index in [1.54, 1.807) is 24.0 Å². The number of rotatable bonds is 4. The molecule has 2 aromatic rings. The van der Waals surface area contributed by atoms with Crippen LogP contribution in [0.4, 0.5) is 4.79 Å². The van der Waals surface area contributed by atoms with Gasteiger partial charge in [-0.05, 0) is 44.4 Å². The molecule has 0 bridgehead atoms. The largest absolute Gasteiger partial charge is 0.450 e. The second kappa shape index (κ2) is 9.25. The highest BCUT2D eigenvalue weighted by Gasteiger charge is 2.39. The van der Waals surface area contributed by atoms with Crippen LogP contribution >= 0.6 is 23.2 Å². The number of halogens is 2. The number of benzene rings is 1. The van der Waals surface area contributed by atoms with E-state index in [1.807, 2.05) is 17.9 Å². The Balaban J connectivity index is 1.66. The van der Waals surface area contributed by atoms with Gasteiger partial charge in [-0.1, -0.05) is 29.3 Å². The first-order valence-electron chi connectivity index (χ1n) is 10.8. The summed E-state index contributed by atoms with van der Waals surface area (Å²) in [5.74, 6) is -0.0715. The fourth-order valence-corrected chi connectivity index (χ4v) is 5.14. The van der Waals surface area contributed by atoms with E-state index in [2.05, 4.69) is 0 Å². The second-order valence-electron chi connectivity index (χ2n) is 8.05. The average molecular weight is 477 g/mol. The average Bonchev–Trinajstić information content (AvgIpc) is 3.09. The molecule has 4 rings (SSSR count). The van der Waals surface area contributed by atoms with E-state index in [4.69, 9.17) is 38.7 Å². The van der Waals surface area contributed by atoms with Crippen molar-refractivity contribution >= 4 is 35.2 Å². The Kier molecular flexibility index (Phi) is 6.60. The smallest absolute Gasteiger partial charge is 0.409 e. The molecule has 7 nitrogen and oxygen atoms in total. The van der Waals surface area contributed by atoms with Gasteiger partial charge in [-0.2, -0.15) is 0 Å². The minimum Gasteiger partial charge on any atom is -0.450 e. The molecule has 1 saturated heterocycles. The van der Waals surface area contributed by atoms with Crippen molar-refractivity contribution in [3.05, 3.63) is 50.8 Å². The van der Waals surface area contributed by atoms with Crippen molar-refractivity contribution in [3.8, 4) is 11.1 Å². The van der Waals surface area contributed by atoms with Crippen LogP contribution in [-0.4, -0.2) is 52.5 Å². The number of nitrogens with two attached hydrogens (primary N) is 1. The summed E-state index contributed by atoms with van der Waals surface area (Å²) in [7, 11) is 0. The van der Waals surface area contributed by atoms with Gasteiger partial charge in [-0.25, -0.2) is 4.79 Å². The van der Waals surface area contributed by atoms with Gasteiger partial charge in [0.15, 0.2) is 0 Å². The van der Waals surface area contributed by atoms with E-state index in [9.17, 15) is 9.59 Å². The maximum Gasteiger partial charge on any atom is 0.409 e. The van der Waals surface area contributed by atoms with E-state index in [0.29, 0.717) is 54.7 Å². The van der Waals surface area contributed by atoms with E-state index < -0.39 is 0 Å². The summed E-state index contributed by atoms with van der Waals surface area (Å²) in [6.07, 6.45) is 1.09. The van der Waals surface area contributed by atoms with E-state index in [-0.39, 0.29) is 24.6 Å². The lowest BCUT2D eigenvalue weighted by Crippen LogP contribution is -2.47. The third kappa shape index (κ3) is 4.05. The molecule has 1 aromatic carbocycles. The van der Waals surface area contributed by atoms with Gasteiger partial charge in [-0.15, -0.1) is 0 Å². The zero-order chi connectivity index (χ0) is 23.0. The second-order valence-corrected chi connectivity index (χ2v) is 8.89. The van der Waals surface area contributed by atoms with Gasteiger partial charge in [0, 0.05) is 52.5 Å². The Labute approximate surface area is 197 Å². The number of carbonyl (C=O) groups is 2. The van der Waals surface area contributed by atoms with Gasteiger partial charge in [0.2, 0.25) is 0 Å². The van der Waals surface area contributed by atoms with E-state index in [0.717, 1.165) is 28.1 Å². The molecular weight excluding hydrogens is 451 g/mol. The van der Waals surface area contributed by atoms with Crippen LogP contribution in [0.2, 0.25) is 10.0 Å². The lowest BCUT2D eigenvalue weighted by Gasteiger charge is -2.36. The highest BCUT2D eigenvalue weighted by atomic mass is 35.5. The van der Waals surface area contributed by atoms with Crippen LogP contribution in [0.1, 0.15) is 47.1 Å². The number of aryl methyl sites for hydroxylation is 1. The predicted octanol–water partition coefficient (Wildman–Crippen LogP) is 4.40. The van der Waals surface area contributed by atoms with Crippen LogP contribution < -0.4 is 5.73 Å². The normalized spacial score (nSPS) is 16.5. The van der Waals surface area contributed by atoms with Gasteiger partial charge in [0.1, 0.15) is 0 Å². The zero-order valence-corrected chi connectivity index (χ0v) is 19.7. The number of likely N-dealkylation sites (tertiary alicyclic amines) is 1. The van der Waals surface area contributed by atoms with Crippen LogP contribution in [0.25, 0.3) is 11.1 Å². The van der Waals surface area contributed by atoms with Crippen LogP contribution in [-0.2, 0) is 17.8 Å². The lowest BCUT2D eigenvalue weighted by molar-refractivity contribution is 0.0557. The first-order valence-corrected chi connectivity index (χ1v) is 11.5. The molecule has 2 amide bonds. The van der Waals surface area contributed by atoms with E-state index >= 15 is 0 Å². The fraction of sp³-hybridized carbons (Fsp3) is 0.435. The van der Waals surface area contributed by atoms with Crippen molar-refractivity contribution in [2.45, 2.75) is 45.8 Å². The highest BCUT2D eigenvalue weighted by molar-refractivity contribution is 6.36. The summed E-state index contributed by atoms with van der Waals surface area (Å²) in [5.41, 5.74) is 10.4. The summed E-state index contributed by atoms with van der Waals surface area (Å²) in [6.45, 7) is 5.83. The fourth-order valence-electron chi connectivity index (χ4n) is 4.63. The zero-order valence-electron chi connectivity index (χ0n) is 18.2. The number of ether oxygens (including phenoxy) is 1. The Bertz CT molecular complexity index is 1070. The third-order valence-electron chi connectivity index (χ3n) is 6.21. The summed E-state index contributed by atoms with van der Waals surface area (Å²) in [4.78, 5) is 33.9. The molecule has 0 atom stereocenters. The van der Waals surface area contributed by atoms with Gasteiger partial charge in [-0.3, -0.25) is 9.78 Å². The molecule has 9 heteroatoms. The maximum atomic E-state index is 13.6. The van der Waals surface area contributed by atoms with Crippen LogP contribution in [0.3, 0.4) is 0 Å². The molecule has 0 aliphatic carbocycles. The standard InChI is InChI=1S/C23H26Cl2N4O3/c1-3-32-23(31)28-8-6-15(7-9-28)29-12-19-21(22(29)30)20(17(11-26)13(2)27-19)16-5-4-14(24)10-18(16)25/h4-5,10,15H,3,6-9,11-12,26H2,1-2H3. The topological polar surface area (TPSA) is 88.8 Å². The number of fused-ring (bicyclic) bond motifs is 1. The first kappa shape index (κ1) is 22.8. The molecule has 1 fully saturated rings. The number of hydrogen-bond donors (Lipinski definition) is 1. The minimum atomic E-state index is -0.300. The molecule has 2 aliphatic heterocycles. The minimum absolute atomic E-state index is 0.0255. The van der Waals surface area contributed by atoms with Crippen LogP contribution in [0, 0.1) is 6.92 Å². The van der Waals surface area contributed by atoms with Crippen LogP contribution in [0.15, 0.2) is 18.2 Å². The highest BCUT2D eigenvalue weighted by Crippen LogP contribution is 2.40. The Morgan fingerprint density at radius 3 is 2.59 bits per heavy atom. The molecule has 0 spiro atoms. The van der Waals surface area contributed by atoms with Gasteiger partial charge >= 0.3 is 6.09 Å². The first-order chi connectivity index (χ1) is 15.3. The van der Waals surface area contributed by atoms with Crippen molar-refractivity contribution in [2.24, 2.45) is 5.73 Å². The Morgan fingerprint density at radius 2 is 1.97 bits per heavy atom. The Morgan fingerprint density at radius 1 is 1.25 bits per heavy atom. The number of aromatic nitrogens is 1. The van der Waals surface area contributed by atoms with E-state index in [1.165, 1.54) is 0 Å². The van der Waals surface area contributed by atoms with Crippen molar-refractivity contribution < 1.29 is 14.3 Å². The molecule has 3 heterocycles. The lowest BCUT2D eigenvalue weighted by atomic mass is 9.93. The summed E-state index contributed by atoms with van der Waals surface area (Å²) < 4.78 is 5.10. The number of amides is 2. The van der Waals surface area contributed by atoms with Gasteiger partial charge in [0.25, 0.3) is 5.91 Å². The summed E-state index contributed by atoms with van der Waals surface area (Å²) >= 11 is 12.6. The molecule has 170 valence electrons. The van der Waals surface area contributed by atoms with Crippen molar-refractivity contribution in [3.63, 3.8) is 0 Å². The molecule has 2 N–H and O–H groups in total. The molecule has 32 heavy (non-hydrogen) atoms. The SMILES string of the molecule is CCOC(=O)N1CCC(N2Cc3nc(C)c(CN)c(-c4ccc(Cl)cc4Cl)c3C2=O)CC1. The predicted molar refractivity (Wildman–Crippen MR) is 124 cm³/mol. The number of carbonyl (C=O) groups excluding carboxylic acids is 2. The maximum absolute atomic E-state index is 13.6. The molecule has 2 aliphatic rings. The molecule has 0 radical (unpaired) electrons. The molecule has 0 unspecified atom stereocenters. The van der Waals surface area contributed by atoms with Crippen molar-refractivity contribution in [1.82, 2.24) is 14.8 Å².